The van der Waals surface area contributed by atoms with E-state index in [1.165, 1.54) is 12.8 Å². The van der Waals surface area contributed by atoms with Gasteiger partial charge in [0.15, 0.2) is 0 Å². The molecule has 2 aliphatic rings. The zero-order valence-corrected chi connectivity index (χ0v) is 13.5. The number of nitrogens with one attached hydrogen (secondary N) is 2. The number of piperidine rings is 2. The zero-order valence-electron chi connectivity index (χ0n) is 13.5. The van der Waals surface area contributed by atoms with Gasteiger partial charge < -0.3 is 20.6 Å². The highest BCUT2D eigenvalue weighted by Gasteiger charge is 2.34. The van der Waals surface area contributed by atoms with E-state index in [-0.39, 0.29) is 11.3 Å². The van der Waals surface area contributed by atoms with Crippen molar-refractivity contribution in [3.63, 3.8) is 0 Å². The lowest BCUT2D eigenvalue weighted by Crippen LogP contribution is -2.51. The van der Waals surface area contributed by atoms with E-state index in [0.717, 1.165) is 44.9 Å². The number of nitrogens with zero attached hydrogens (tertiary/aromatic N) is 1. The maximum atomic E-state index is 12.3. The summed E-state index contributed by atoms with van der Waals surface area (Å²) in [6, 6.07) is 0. The Labute approximate surface area is 128 Å². The molecular formula is C16H31N3O2. The van der Waals surface area contributed by atoms with Gasteiger partial charge >= 0.3 is 0 Å². The minimum atomic E-state index is -0.470. The van der Waals surface area contributed by atoms with Crippen LogP contribution in [0, 0.1) is 11.3 Å². The molecule has 21 heavy (non-hydrogen) atoms. The second kappa shape index (κ2) is 7.56. The van der Waals surface area contributed by atoms with Gasteiger partial charge in [-0.15, -0.1) is 0 Å². The number of carbonyl (C=O) groups excluding carboxylic acids is 1. The molecule has 2 atom stereocenters. The third-order valence-electron chi connectivity index (χ3n) is 4.99. The predicted molar refractivity (Wildman–Crippen MR) is 84.1 cm³/mol. The molecule has 0 aromatic rings. The first kappa shape index (κ1) is 16.7. The van der Waals surface area contributed by atoms with Crippen molar-refractivity contribution in [1.29, 1.82) is 0 Å². The molecule has 2 heterocycles. The summed E-state index contributed by atoms with van der Waals surface area (Å²) in [4.78, 5) is 14.6. The van der Waals surface area contributed by atoms with Crippen LogP contribution >= 0.6 is 0 Å². The van der Waals surface area contributed by atoms with Crippen LogP contribution in [0.4, 0.5) is 0 Å². The van der Waals surface area contributed by atoms with Gasteiger partial charge in [-0.05, 0) is 58.2 Å². The molecule has 0 aromatic carbocycles. The molecule has 2 unspecified atom stereocenters. The number of hydrogen-bond acceptors (Lipinski definition) is 4. The third kappa shape index (κ3) is 4.94. The van der Waals surface area contributed by atoms with Crippen LogP contribution < -0.4 is 10.6 Å². The molecule has 0 radical (unpaired) electrons. The highest BCUT2D eigenvalue weighted by atomic mass is 16.3. The summed E-state index contributed by atoms with van der Waals surface area (Å²) in [5.74, 6) is 0.873. The first-order valence-corrected chi connectivity index (χ1v) is 8.39. The summed E-state index contributed by atoms with van der Waals surface area (Å²) in [6.07, 6.45) is 3.92. The van der Waals surface area contributed by atoms with Crippen LogP contribution in [0.25, 0.3) is 0 Å². The first-order valence-electron chi connectivity index (χ1n) is 8.39. The first-order chi connectivity index (χ1) is 9.99. The molecule has 2 rings (SSSR count). The molecule has 0 spiro atoms. The largest absolute Gasteiger partial charge is 0.390 e. The Morgan fingerprint density at radius 2 is 2.19 bits per heavy atom. The average Bonchev–Trinajstić information content (AvgIpc) is 2.48. The van der Waals surface area contributed by atoms with Crippen molar-refractivity contribution >= 4 is 5.91 Å². The van der Waals surface area contributed by atoms with E-state index in [1.807, 2.05) is 6.92 Å². The number of β-amino-alcohol motifs (C(OH)–C–C–N with tert-alkyl or cyclic N) is 1. The molecule has 0 saturated carbocycles. The molecule has 5 heteroatoms. The Balaban J connectivity index is 1.68. The van der Waals surface area contributed by atoms with E-state index < -0.39 is 6.10 Å². The van der Waals surface area contributed by atoms with E-state index in [0.29, 0.717) is 13.1 Å². The lowest BCUT2D eigenvalue weighted by Gasteiger charge is -2.34. The van der Waals surface area contributed by atoms with Gasteiger partial charge in [-0.1, -0.05) is 6.92 Å². The fourth-order valence-electron chi connectivity index (χ4n) is 3.28. The summed E-state index contributed by atoms with van der Waals surface area (Å²) < 4.78 is 0. The predicted octanol–water partition coefficient (Wildman–Crippen LogP) is 0.585. The highest BCUT2D eigenvalue weighted by molar-refractivity contribution is 5.82. The Morgan fingerprint density at radius 1 is 1.48 bits per heavy atom. The number of aliphatic hydroxyl groups is 1. The fourth-order valence-corrected chi connectivity index (χ4v) is 3.28. The van der Waals surface area contributed by atoms with Gasteiger partial charge in [-0.2, -0.15) is 0 Å². The molecule has 122 valence electrons. The third-order valence-corrected chi connectivity index (χ3v) is 4.99. The smallest absolute Gasteiger partial charge is 0.227 e. The Morgan fingerprint density at radius 3 is 2.81 bits per heavy atom. The number of likely N-dealkylation sites (tertiary alicyclic amines) is 1. The quantitative estimate of drug-likeness (QED) is 0.695. The van der Waals surface area contributed by atoms with E-state index in [2.05, 4.69) is 22.5 Å². The molecule has 2 saturated heterocycles. The Kier molecular flexibility index (Phi) is 6.02. The summed E-state index contributed by atoms with van der Waals surface area (Å²) >= 11 is 0. The van der Waals surface area contributed by atoms with E-state index in [4.69, 9.17) is 0 Å². The monoisotopic (exact) mass is 297 g/mol. The molecule has 3 N–H and O–H groups in total. The van der Waals surface area contributed by atoms with Crippen molar-refractivity contribution < 1.29 is 9.90 Å². The molecule has 1 amide bonds. The van der Waals surface area contributed by atoms with Crippen LogP contribution in [-0.4, -0.2) is 61.3 Å². The number of carbonyl (C=O) groups is 1. The highest BCUT2D eigenvalue weighted by Crippen LogP contribution is 2.25. The molecule has 0 aromatic heterocycles. The second-order valence-electron chi connectivity index (χ2n) is 7.19. The normalized spacial score (nSPS) is 30.0. The van der Waals surface area contributed by atoms with Crippen LogP contribution in [-0.2, 0) is 4.79 Å². The summed E-state index contributed by atoms with van der Waals surface area (Å²) in [5, 5.41) is 16.3. The van der Waals surface area contributed by atoms with E-state index in [1.54, 1.807) is 0 Å². The van der Waals surface area contributed by atoms with E-state index >= 15 is 0 Å². The molecule has 2 fully saturated rings. The topological polar surface area (TPSA) is 64.6 Å². The number of hydrogen-bond donors (Lipinski definition) is 3. The van der Waals surface area contributed by atoms with Crippen LogP contribution in [0.5, 0.6) is 0 Å². The average molecular weight is 297 g/mol. The molecule has 0 bridgehead atoms. The summed E-state index contributed by atoms with van der Waals surface area (Å²) in [6.45, 7) is 9.18. The van der Waals surface area contributed by atoms with Crippen molar-refractivity contribution in [3.8, 4) is 0 Å². The summed E-state index contributed by atoms with van der Waals surface area (Å²) in [7, 11) is 0. The molecule has 0 aliphatic carbocycles. The second-order valence-corrected chi connectivity index (χ2v) is 7.19. The van der Waals surface area contributed by atoms with Crippen LogP contribution in [0.3, 0.4) is 0 Å². The zero-order chi connectivity index (χ0) is 15.3. The van der Waals surface area contributed by atoms with Gasteiger partial charge in [0.1, 0.15) is 0 Å². The Bertz CT molecular complexity index is 334. The van der Waals surface area contributed by atoms with Crippen molar-refractivity contribution in [2.45, 2.75) is 45.6 Å². The standard InChI is InChI=1S/C16H31N3O2/c1-13-4-8-19(9-5-13)11-14(20)10-18-15(21)16(2)6-3-7-17-12-16/h13-14,17,20H,3-12H2,1-2H3,(H,18,21). The van der Waals surface area contributed by atoms with E-state index in [9.17, 15) is 9.90 Å². The molecule has 5 nitrogen and oxygen atoms in total. The van der Waals surface area contributed by atoms with Crippen molar-refractivity contribution in [2.75, 3.05) is 39.3 Å². The number of amides is 1. The van der Waals surface area contributed by atoms with Gasteiger partial charge in [-0.25, -0.2) is 0 Å². The minimum absolute atomic E-state index is 0.0704. The summed E-state index contributed by atoms with van der Waals surface area (Å²) in [5.41, 5.74) is -0.321. The SMILES string of the molecule is CC1CCN(CC(O)CNC(=O)C2(C)CCCNC2)CC1. The van der Waals surface area contributed by atoms with Crippen molar-refractivity contribution in [3.05, 3.63) is 0 Å². The van der Waals surface area contributed by atoms with Crippen LogP contribution in [0.2, 0.25) is 0 Å². The lowest BCUT2D eigenvalue weighted by molar-refractivity contribution is -0.131. The van der Waals surface area contributed by atoms with Crippen molar-refractivity contribution in [1.82, 2.24) is 15.5 Å². The van der Waals surface area contributed by atoms with Crippen molar-refractivity contribution in [2.24, 2.45) is 11.3 Å². The van der Waals surface area contributed by atoms with Gasteiger partial charge in [0, 0.05) is 19.6 Å². The maximum Gasteiger partial charge on any atom is 0.227 e. The fraction of sp³-hybridized carbons (Fsp3) is 0.938. The maximum absolute atomic E-state index is 12.3. The Hall–Kier alpha value is -0.650. The van der Waals surface area contributed by atoms with Crippen LogP contribution in [0.15, 0.2) is 0 Å². The molecule has 2 aliphatic heterocycles. The van der Waals surface area contributed by atoms with Gasteiger partial charge in [-0.3, -0.25) is 4.79 Å². The number of rotatable bonds is 5. The minimum Gasteiger partial charge on any atom is -0.390 e. The lowest BCUT2D eigenvalue weighted by atomic mass is 9.82. The van der Waals surface area contributed by atoms with Crippen LogP contribution in [0.1, 0.15) is 39.5 Å². The number of aliphatic hydroxyl groups excluding tert-OH is 1. The van der Waals surface area contributed by atoms with Gasteiger partial charge in [0.05, 0.1) is 11.5 Å². The van der Waals surface area contributed by atoms with Gasteiger partial charge in [0.25, 0.3) is 0 Å². The van der Waals surface area contributed by atoms with Gasteiger partial charge in [0.2, 0.25) is 5.91 Å². The molecular weight excluding hydrogens is 266 g/mol.